The van der Waals surface area contributed by atoms with E-state index in [9.17, 15) is 5.11 Å². The van der Waals surface area contributed by atoms with E-state index in [2.05, 4.69) is 30.1 Å². The second-order valence-electron chi connectivity index (χ2n) is 6.50. The number of piperidine rings is 1. The number of benzene rings is 1. The van der Waals surface area contributed by atoms with Crippen LogP contribution < -0.4 is 5.32 Å². The van der Waals surface area contributed by atoms with Gasteiger partial charge in [-0.3, -0.25) is 0 Å². The molecule has 22 heavy (non-hydrogen) atoms. The van der Waals surface area contributed by atoms with E-state index in [1.54, 1.807) is 0 Å². The summed E-state index contributed by atoms with van der Waals surface area (Å²) in [4.78, 5) is 2.35. The molecule has 0 radical (unpaired) electrons. The Morgan fingerprint density at radius 2 is 2.14 bits per heavy atom. The van der Waals surface area contributed by atoms with Crippen molar-refractivity contribution in [3.05, 3.63) is 35.4 Å². The maximum atomic E-state index is 10.2. The quantitative estimate of drug-likeness (QED) is 0.846. The number of hydrogen-bond acceptors (Lipinski definition) is 4. The van der Waals surface area contributed by atoms with E-state index in [4.69, 9.17) is 5.26 Å². The topological polar surface area (TPSA) is 59.3 Å². The van der Waals surface area contributed by atoms with Crippen LogP contribution in [0.5, 0.6) is 0 Å². The van der Waals surface area contributed by atoms with Crippen LogP contribution in [0.15, 0.2) is 24.3 Å². The number of aliphatic hydroxyl groups is 1. The van der Waals surface area contributed by atoms with Gasteiger partial charge in [-0.05, 0) is 56.5 Å². The Hall–Kier alpha value is -1.41. The van der Waals surface area contributed by atoms with Gasteiger partial charge in [0.2, 0.25) is 0 Å². The van der Waals surface area contributed by atoms with Gasteiger partial charge in [-0.15, -0.1) is 0 Å². The van der Waals surface area contributed by atoms with Crippen LogP contribution in [0, 0.1) is 17.2 Å². The number of nitrogens with one attached hydrogen (secondary N) is 1. The number of nitrogens with zero attached hydrogens (tertiary/aromatic N) is 2. The zero-order chi connectivity index (χ0) is 15.9. The largest absolute Gasteiger partial charge is 0.390 e. The Bertz CT molecular complexity index is 503. The SMILES string of the molecule is CC1CCN(CC(O)CNC(C)c2cccc(C#N)c2)CC1. The van der Waals surface area contributed by atoms with Crippen LogP contribution in [0.2, 0.25) is 0 Å². The normalized spacial score (nSPS) is 19.5. The molecular formula is C18H27N3O. The summed E-state index contributed by atoms with van der Waals surface area (Å²) in [6.45, 7) is 7.86. The molecule has 2 N–H and O–H groups in total. The van der Waals surface area contributed by atoms with Crippen LogP contribution in [0.25, 0.3) is 0 Å². The summed E-state index contributed by atoms with van der Waals surface area (Å²) in [7, 11) is 0. The molecule has 0 spiro atoms. The highest BCUT2D eigenvalue weighted by Gasteiger charge is 2.18. The lowest BCUT2D eigenvalue weighted by molar-refractivity contribution is 0.0892. The van der Waals surface area contributed by atoms with Gasteiger partial charge in [0.1, 0.15) is 0 Å². The van der Waals surface area contributed by atoms with Crippen molar-refractivity contribution in [3.63, 3.8) is 0 Å². The molecule has 0 aromatic heterocycles. The minimum Gasteiger partial charge on any atom is -0.390 e. The van der Waals surface area contributed by atoms with Gasteiger partial charge in [-0.25, -0.2) is 0 Å². The Balaban J connectivity index is 1.75. The standard InChI is InChI=1S/C18H27N3O/c1-14-6-8-21(9-7-14)13-18(22)12-20-15(2)17-5-3-4-16(10-17)11-19/h3-5,10,14-15,18,20,22H,6-9,12-13H2,1-2H3. The first kappa shape index (κ1) is 17.0. The first-order valence-electron chi connectivity index (χ1n) is 8.22. The van der Waals surface area contributed by atoms with E-state index < -0.39 is 0 Å². The Morgan fingerprint density at radius 1 is 1.41 bits per heavy atom. The van der Waals surface area contributed by atoms with Gasteiger partial charge in [-0.2, -0.15) is 5.26 Å². The second-order valence-corrected chi connectivity index (χ2v) is 6.50. The van der Waals surface area contributed by atoms with Crippen molar-refractivity contribution >= 4 is 0 Å². The number of nitriles is 1. The van der Waals surface area contributed by atoms with Crippen LogP contribution in [0.1, 0.15) is 43.9 Å². The first-order chi connectivity index (χ1) is 10.6. The molecule has 1 heterocycles. The second kappa shape index (κ2) is 8.28. The summed E-state index contributed by atoms with van der Waals surface area (Å²) in [5.41, 5.74) is 1.76. The Morgan fingerprint density at radius 3 is 2.82 bits per heavy atom. The Labute approximate surface area is 133 Å². The molecule has 1 fully saturated rings. The maximum Gasteiger partial charge on any atom is 0.0991 e. The fourth-order valence-corrected chi connectivity index (χ4v) is 2.92. The molecule has 4 heteroatoms. The highest BCUT2D eigenvalue weighted by Crippen LogP contribution is 2.16. The summed E-state index contributed by atoms with van der Waals surface area (Å²) in [5.74, 6) is 0.818. The molecular weight excluding hydrogens is 274 g/mol. The lowest BCUT2D eigenvalue weighted by Gasteiger charge is -2.32. The summed E-state index contributed by atoms with van der Waals surface area (Å²) in [6.07, 6.45) is 2.12. The predicted molar refractivity (Wildman–Crippen MR) is 88.4 cm³/mol. The lowest BCUT2D eigenvalue weighted by Crippen LogP contribution is -2.42. The van der Waals surface area contributed by atoms with Crippen molar-refractivity contribution in [2.45, 2.75) is 38.8 Å². The van der Waals surface area contributed by atoms with Crippen molar-refractivity contribution in [3.8, 4) is 6.07 Å². The van der Waals surface area contributed by atoms with E-state index in [0.29, 0.717) is 12.1 Å². The molecule has 1 aliphatic heterocycles. The van der Waals surface area contributed by atoms with Crippen molar-refractivity contribution < 1.29 is 5.11 Å². The Kier molecular flexibility index (Phi) is 6.38. The van der Waals surface area contributed by atoms with E-state index >= 15 is 0 Å². The lowest BCUT2D eigenvalue weighted by atomic mass is 9.99. The van der Waals surface area contributed by atoms with Gasteiger partial charge in [0.05, 0.1) is 17.7 Å². The van der Waals surface area contributed by atoms with Crippen molar-refractivity contribution in [1.29, 1.82) is 5.26 Å². The monoisotopic (exact) mass is 301 g/mol. The van der Waals surface area contributed by atoms with Crippen LogP contribution in [0.4, 0.5) is 0 Å². The van der Waals surface area contributed by atoms with Gasteiger partial charge >= 0.3 is 0 Å². The van der Waals surface area contributed by atoms with Gasteiger partial charge < -0.3 is 15.3 Å². The number of rotatable bonds is 6. The summed E-state index contributed by atoms with van der Waals surface area (Å²) >= 11 is 0. The van der Waals surface area contributed by atoms with Gasteiger partial charge in [0, 0.05) is 19.1 Å². The van der Waals surface area contributed by atoms with E-state index in [0.717, 1.165) is 31.1 Å². The number of likely N-dealkylation sites (tertiary alicyclic amines) is 1. The molecule has 0 bridgehead atoms. The zero-order valence-electron chi connectivity index (χ0n) is 13.6. The molecule has 2 unspecified atom stereocenters. The average molecular weight is 301 g/mol. The number of aliphatic hydroxyl groups excluding tert-OH is 1. The average Bonchev–Trinajstić information content (AvgIpc) is 2.55. The molecule has 120 valence electrons. The predicted octanol–water partition coefficient (Wildman–Crippen LogP) is 2.30. The summed E-state index contributed by atoms with van der Waals surface area (Å²) in [6, 6.07) is 9.91. The third kappa shape index (κ3) is 5.10. The molecule has 4 nitrogen and oxygen atoms in total. The molecule has 1 saturated heterocycles. The summed E-state index contributed by atoms with van der Waals surface area (Å²) in [5, 5.41) is 22.5. The van der Waals surface area contributed by atoms with E-state index in [1.165, 1.54) is 12.8 Å². The highest BCUT2D eigenvalue weighted by atomic mass is 16.3. The van der Waals surface area contributed by atoms with Crippen molar-refractivity contribution in [2.24, 2.45) is 5.92 Å². The van der Waals surface area contributed by atoms with Gasteiger partial charge in [0.25, 0.3) is 0 Å². The molecule has 0 aliphatic carbocycles. The van der Waals surface area contributed by atoms with Crippen LogP contribution in [-0.4, -0.2) is 42.3 Å². The van der Waals surface area contributed by atoms with Crippen LogP contribution in [-0.2, 0) is 0 Å². The van der Waals surface area contributed by atoms with Crippen molar-refractivity contribution in [2.75, 3.05) is 26.2 Å². The first-order valence-corrected chi connectivity index (χ1v) is 8.22. The van der Waals surface area contributed by atoms with Crippen molar-refractivity contribution in [1.82, 2.24) is 10.2 Å². The molecule has 1 aliphatic rings. The minimum absolute atomic E-state index is 0.129. The highest BCUT2D eigenvalue weighted by molar-refractivity contribution is 5.34. The molecule has 0 amide bonds. The van der Waals surface area contributed by atoms with Crippen LogP contribution in [0.3, 0.4) is 0 Å². The van der Waals surface area contributed by atoms with Crippen LogP contribution >= 0.6 is 0 Å². The molecule has 0 saturated carbocycles. The number of hydrogen-bond donors (Lipinski definition) is 2. The van der Waals surface area contributed by atoms with Gasteiger partial charge in [0.15, 0.2) is 0 Å². The minimum atomic E-state index is -0.352. The molecule has 1 aromatic carbocycles. The molecule has 2 atom stereocenters. The maximum absolute atomic E-state index is 10.2. The third-order valence-corrected chi connectivity index (χ3v) is 4.52. The smallest absolute Gasteiger partial charge is 0.0991 e. The zero-order valence-corrected chi connectivity index (χ0v) is 13.6. The molecule has 1 aromatic rings. The molecule has 2 rings (SSSR count). The number of β-amino-alcohol motifs (C(OH)–C–C–N with tert-alkyl or cyclic N) is 1. The van der Waals surface area contributed by atoms with E-state index in [1.807, 2.05) is 24.3 Å². The third-order valence-electron chi connectivity index (χ3n) is 4.52. The van der Waals surface area contributed by atoms with Gasteiger partial charge in [-0.1, -0.05) is 19.1 Å². The summed E-state index contributed by atoms with van der Waals surface area (Å²) < 4.78 is 0. The fraction of sp³-hybridized carbons (Fsp3) is 0.611. The fourth-order valence-electron chi connectivity index (χ4n) is 2.92. The van der Waals surface area contributed by atoms with E-state index in [-0.39, 0.29) is 12.1 Å².